The van der Waals surface area contributed by atoms with Crippen molar-refractivity contribution in [2.75, 3.05) is 0 Å². The third-order valence-electron chi connectivity index (χ3n) is 0. The Balaban J connectivity index is -0.0000000149. The number of carbonyl (C=O) groups excluding carboxylic acids is 2. The number of nitrogens with one attached hydrogen (secondary N) is 1. The van der Waals surface area contributed by atoms with E-state index in [-0.39, 0.29) is 109 Å². The predicted octanol–water partition coefficient (Wildman–Crippen LogP) is -2.41. The van der Waals surface area contributed by atoms with Crippen LogP contribution in [0.4, 0.5) is 0 Å². The van der Waals surface area contributed by atoms with Gasteiger partial charge in [-0.25, -0.2) is 0 Å². The summed E-state index contributed by atoms with van der Waals surface area (Å²) >= 11 is 0. The average Bonchev–Trinajstić information content (AvgIpc) is 1.85. The summed E-state index contributed by atoms with van der Waals surface area (Å²) in [5.41, 5.74) is 5.61. The summed E-state index contributed by atoms with van der Waals surface area (Å²) in [6.45, 7) is 9.19. The molecule has 0 fully saturated rings. The summed E-state index contributed by atoms with van der Waals surface area (Å²) in [7, 11) is 0. The molecule has 15 heavy (non-hydrogen) atoms. The Kier molecular flexibility index (Phi) is 193. The van der Waals surface area contributed by atoms with Crippen LogP contribution in [-0.4, -0.2) is 12.6 Å². The summed E-state index contributed by atoms with van der Waals surface area (Å²) in [5.74, 6) is 0. The molecule has 0 bridgehead atoms. The standard InChI is InChI=1S/2C3H7.C2H4O.CH3NO.2K.H2N/c2*1-3-2;1-2-3;2-1-3;;;/h2*3H,1-2H3;2H,1H3;1H,(H2,2,3);;;1H2/q2*-1;;;2*+1;-1/p-1/i;;2T;1T;;;. The first-order chi connectivity index (χ1) is 6.29. The number of hydrogen-bond acceptors (Lipinski definition) is 2. The van der Waals surface area contributed by atoms with Crippen LogP contribution in [0.25, 0.3) is 11.9 Å². The van der Waals surface area contributed by atoms with Gasteiger partial charge in [-0.1, -0.05) is 0 Å². The van der Waals surface area contributed by atoms with Gasteiger partial charge >= 0.3 is 103 Å². The molecule has 0 aliphatic rings. The Morgan fingerprint density at radius 2 is 1.07 bits per heavy atom. The molecule has 3 N–H and O–H groups in total. The van der Waals surface area contributed by atoms with Gasteiger partial charge in [-0.3, -0.25) is 0 Å². The van der Waals surface area contributed by atoms with Crippen molar-refractivity contribution in [3.05, 3.63) is 24.7 Å². The minimum Gasteiger partial charge on any atom is -0.693 e. The Labute approximate surface area is 183 Å². The summed E-state index contributed by atoms with van der Waals surface area (Å²) in [5, 5.41) is 0. The fourth-order valence-corrected chi connectivity index (χ4v) is 0. The Bertz CT molecular complexity index is 110. The topological polar surface area (TPSA) is 91.4 Å². The molecule has 0 rings (SSSR count). The first kappa shape index (κ1) is 30.4. The van der Waals surface area contributed by atoms with Gasteiger partial charge in [-0.15, -0.1) is 0 Å². The number of aldehydes is 1. The SMILES string of the molecule is C[CH-]C.C[CH-]C.[3H]C(C)=O.[3H]C([NH-])=O.[K+].[K+].[NH2-]. The maximum Gasteiger partial charge on any atom is 1.00 e. The zero-order chi connectivity index (χ0) is 12.6. The normalized spacial score (nSPS) is 5.93. The third-order valence-corrected chi connectivity index (χ3v) is 0. The van der Waals surface area contributed by atoms with E-state index in [9.17, 15) is 0 Å². The number of hydrogen-bond donors (Lipinski definition) is 0. The van der Waals surface area contributed by atoms with Gasteiger partial charge in [0.1, 0.15) is 7.63 Å². The molecule has 0 aromatic rings. The quantitative estimate of drug-likeness (QED) is 0.279. The van der Waals surface area contributed by atoms with Crippen LogP contribution in [0.15, 0.2) is 0 Å². The van der Waals surface area contributed by atoms with Gasteiger partial charge in [0, 0.05) is 6.39 Å². The van der Waals surface area contributed by atoms with Crippen molar-refractivity contribution < 1.29 is 115 Å². The summed E-state index contributed by atoms with van der Waals surface area (Å²) in [6, 6.07) is 0. The molecule has 4 nitrogen and oxygen atoms in total. The van der Waals surface area contributed by atoms with Gasteiger partial charge in [0.2, 0.25) is 0 Å². The Hall–Kier alpha value is 2.37. The van der Waals surface area contributed by atoms with Crippen molar-refractivity contribution in [1.29, 1.82) is 0 Å². The molecular weight excluding hydrogens is 246 g/mol. The molecule has 84 valence electrons. The van der Waals surface area contributed by atoms with Gasteiger partial charge in [0.05, 0.1) is 1.37 Å². The molecule has 0 atom stereocenters. The van der Waals surface area contributed by atoms with Crippen LogP contribution in [0.1, 0.15) is 37.4 Å². The largest absolute Gasteiger partial charge is 1.00 e. The van der Waals surface area contributed by atoms with Crippen molar-refractivity contribution in [3.63, 3.8) is 0 Å². The number of carbonyl (C=O) groups is 2. The molecule has 1 amide bonds. The second-order valence-electron chi connectivity index (χ2n) is 1.46. The van der Waals surface area contributed by atoms with Crippen LogP contribution >= 0.6 is 0 Å². The van der Waals surface area contributed by atoms with E-state index in [0.717, 1.165) is 0 Å². The summed E-state index contributed by atoms with van der Waals surface area (Å²) in [4.78, 5) is 17.9. The first-order valence-electron chi connectivity index (χ1n) is 4.47. The predicted molar refractivity (Wildman–Crippen MR) is 58.7 cm³/mol. The Morgan fingerprint density at radius 1 is 1.07 bits per heavy atom. The van der Waals surface area contributed by atoms with Gasteiger partial charge < -0.3 is 34.3 Å². The van der Waals surface area contributed by atoms with Crippen molar-refractivity contribution in [3.8, 4) is 0 Å². The third kappa shape index (κ3) is 601. The molecule has 0 aromatic heterocycles. The molecule has 0 spiro atoms. The first-order valence-corrected chi connectivity index (χ1v) is 3.47. The van der Waals surface area contributed by atoms with Gasteiger partial charge in [0.15, 0.2) is 0 Å². The van der Waals surface area contributed by atoms with E-state index in [1.807, 2.05) is 40.5 Å². The maximum atomic E-state index is 9.11. The molecular formula is C9H22K2N2O2-2. The summed E-state index contributed by atoms with van der Waals surface area (Å²) < 4.78 is 11.6. The van der Waals surface area contributed by atoms with E-state index < -0.39 is 12.6 Å². The van der Waals surface area contributed by atoms with Crippen LogP contribution in [0, 0.1) is 12.8 Å². The zero-order valence-electron chi connectivity index (χ0n) is 13.0. The van der Waals surface area contributed by atoms with Crippen molar-refractivity contribution in [2.24, 2.45) is 0 Å². The van der Waals surface area contributed by atoms with E-state index in [0.29, 0.717) is 0 Å². The molecule has 0 saturated carbocycles. The second-order valence-corrected chi connectivity index (χ2v) is 1.46. The molecule has 0 aliphatic carbocycles. The van der Waals surface area contributed by atoms with Crippen molar-refractivity contribution in [2.45, 2.75) is 34.6 Å². The molecule has 0 radical (unpaired) electrons. The minimum absolute atomic E-state index is 0. The summed E-state index contributed by atoms with van der Waals surface area (Å²) in [6.07, 6.45) is 2.08. The Morgan fingerprint density at radius 3 is 1.07 bits per heavy atom. The average molecular weight is 272 g/mol. The van der Waals surface area contributed by atoms with Crippen molar-refractivity contribution in [1.82, 2.24) is 0 Å². The van der Waals surface area contributed by atoms with Gasteiger partial charge in [0.25, 0.3) is 0 Å². The van der Waals surface area contributed by atoms with E-state index >= 15 is 0 Å². The minimum atomic E-state index is -1.33. The number of nitrogens with two attached hydrogens (primary N) is 1. The van der Waals surface area contributed by atoms with Crippen LogP contribution in [0.5, 0.6) is 0 Å². The monoisotopic (exact) mass is 272 g/mol. The fraction of sp³-hybridized carbons (Fsp3) is 0.556. The fourth-order valence-electron chi connectivity index (χ4n) is 0. The van der Waals surface area contributed by atoms with Gasteiger partial charge in [-0.2, -0.15) is 27.7 Å². The van der Waals surface area contributed by atoms with Crippen LogP contribution < -0.4 is 103 Å². The maximum absolute atomic E-state index is 9.11. The van der Waals surface area contributed by atoms with Crippen LogP contribution in [0.2, 0.25) is 0 Å². The van der Waals surface area contributed by atoms with Gasteiger partial charge in [-0.05, 0) is 6.92 Å². The smallest absolute Gasteiger partial charge is 0.693 e. The zero-order valence-corrected chi connectivity index (χ0v) is 17.3. The molecule has 0 aliphatic heterocycles. The second kappa shape index (κ2) is 95.3. The van der Waals surface area contributed by atoms with Crippen LogP contribution in [-0.2, 0) is 9.59 Å². The molecule has 0 unspecified atom stereocenters. The van der Waals surface area contributed by atoms with E-state index in [1.165, 1.54) is 6.92 Å². The van der Waals surface area contributed by atoms with Crippen molar-refractivity contribution >= 4 is 12.6 Å². The van der Waals surface area contributed by atoms with Crippen LogP contribution in [0.3, 0.4) is 0 Å². The van der Waals surface area contributed by atoms with E-state index in [2.05, 4.69) is 0 Å². The van der Waals surface area contributed by atoms with E-state index in [1.54, 1.807) is 0 Å². The molecule has 0 aromatic carbocycles. The number of rotatable bonds is 0. The molecule has 0 saturated heterocycles. The van der Waals surface area contributed by atoms with E-state index in [4.69, 9.17) is 18.1 Å². The number of amides is 1. The molecule has 6 heteroatoms. The molecule has 0 heterocycles.